The number of ether oxygens (including phenoxy) is 1. The van der Waals surface area contributed by atoms with Crippen LogP contribution in [0.4, 0.5) is 5.13 Å². The van der Waals surface area contributed by atoms with Gasteiger partial charge in [0.1, 0.15) is 6.10 Å². The van der Waals surface area contributed by atoms with Crippen molar-refractivity contribution < 1.29 is 13.9 Å². The molecule has 0 aliphatic carbocycles. The lowest BCUT2D eigenvalue weighted by Gasteiger charge is -2.18. The number of rotatable bonds is 4. The first-order valence-corrected chi connectivity index (χ1v) is 10.2. The van der Waals surface area contributed by atoms with Crippen LogP contribution in [0.2, 0.25) is 0 Å². The third kappa shape index (κ3) is 3.86. The lowest BCUT2D eigenvalue weighted by atomic mass is 9.86. The molecule has 0 radical (unpaired) electrons. The fourth-order valence-corrected chi connectivity index (χ4v) is 3.91. The molecule has 1 saturated heterocycles. The van der Waals surface area contributed by atoms with E-state index in [0.29, 0.717) is 17.5 Å². The first-order valence-electron chi connectivity index (χ1n) is 9.34. The van der Waals surface area contributed by atoms with E-state index in [1.54, 1.807) is 0 Å². The van der Waals surface area contributed by atoms with E-state index in [0.717, 1.165) is 24.1 Å². The van der Waals surface area contributed by atoms with Crippen LogP contribution < -0.4 is 5.32 Å². The van der Waals surface area contributed by atoms with Crippen LogP contribution in [0.5, 0.6) is 0 Å². The zero-order valence-corrected chi connectivity index (χ0v) is 17.0. The average Bonchev–Trinajstić information content (AvgIpc) is 3.41. The molecule has 1 amide bonds. The predicted molar refractivity (Wildman–Crippen MR) is 109 cm³/mol. The summed E-state index contributed by atoms with van der Waals surface area (Å²) in [7, 11) is 0. The highest BCUT2D eigenvalue weighted by Gasteiger charge is 2.28. The summed E-state index contributed by atoms with van der Waals surface area (Å²) in [5.74, 6) is 0.160. The first kappa shape index (κ1) is 18.8. The van der Waals surface area contributed by atoms with Gasteiger partial charge in [-0.05, 0) is 23.8 Å². The molecule has 0 bridgehead atoms. The lowest BCUT2D eigenvalue weighted by Crippen LogP contribution is -2.15. The summed E-state index contributed by atoms with van der Waals surface area (Å²) >= 11 is 1.39. The van der Waals surface area contributed by atoms with Crippen molar-refractivity contribution in [2.45, 2.75) is 45.1 Å². The Morgan fingerprint density at radius 1 is 1.25 bits per heavy atom. The van der Waals surface area contributed by atoms with Gasteiger partial charge < -0.3 is 9.15 Å². The van der Waals surface area contributed by atoms with Crippen molar-refractivity contribution in [3.8, 4) is 11.3 Å². The summed E-state index contributed by atoms with van der Waals surface area (Å²) in [6, 6.07) is 8.37. The Hall–Kier alpha value is -2.51. The smallest absolute Gasteiger partial charge is 0.279 e. The number of anilines is 1. The van der Waals surface area contributed by atoms with Crippen molar-refractivity contribution in [1.82, 2.24) is 9.97 Å². The van der Waals surface area contributed by atoms with Gasteiger partial charge in [-0.2, -0.15) is 0 Å². The Bertz CT molecular complexity index is 963. The Morgan fingerprint density at radius 2 is 2.04 bits per heavy atom. The van der Waals surface area contributed by atoms with Gasteiger partial charge in [0.05, 0.1) is 5.69 Å². The quantitative estimate of drug-likeness (QED) is 0.655. The number of aromatic nitrogens is 2. The largest absolute Gasteiger partial charge is 0.445 e. The molecule has 3 aromatic rings. The topological polar surface area (TPSA) is 77.2 Å². The number of carbonyl (C=O) groups excluding carboxylic acids is 1. The lowest BCUT2D eigenvalue weighted by molar-refractivity contribution is 0.0889. The van der Waals surface area contributed by atoms with Crippen molar-refractivity contribution in [3.05, 3.63) is 53.1 Å². The fourth-order valence-electron chi connectivity index (χ4n) is 3.20. The number of amides is 1. The second-order valence-electron chi connectivity index (χ2n) is 7.89. The summed E-state index contributed by atoms with van der Waals surface area (Å²) < 4.78 is 11.0. The van der Waals surface area contributed by atoms with E-state index >= 15 is 0 Å². The molecule has 3 heterocycles. The van der Waals surface area contributed by atoms with Crippen molar-refractivity contribution in [2.24, 2.45) is 0 Å². The van der Waals surface area contributed by atoms with Gasteiger partial charge in [0.15, 0.2) is 23.0 Å². The number of carbonyl (C=O) groups is 1. The molecule has 0 saturated carbocycles. The Kier molecular flexibility index (Phi) is 5.03. The molecule has 4 rings (SSSR count). The summed E-state index contributed by atoms with van der Waals surface area (Å²) in [5.41, 5.74) is 3.50. The SMILES string of the molecule is CC(C)(C)c1ccc(-c2csc(NC(=O)c3ncoc3C3CCCO3)n2)cc1. The van der Waals surface area contributed by atoms with E-state index in [-0.39, 0.29) is 23.1 Å². The van der Waals surface area contributed by atoms with E-state index in [9.17, 15) is 4.79 Å². The van der Waals surface area contributed by atoms with E-state index in [4.69, 9.17) is 9.15 Å². The van der Waals surface area contributed by atoms with Crippen LogP contribution in [0, 0.1) is 0 Å². The molecule has 1 atom stereocenters. The van der Waals surface area contributed by atoms with Crippen molar-refractivity contribution in [3.63, 3.8) is 0 Å². The van der Waals surface area contributed by atoms with E-state index < -0.39 is 0 Å². The van der Waals surface area contributed by atoms with Crippen LogP contribution in [0.3, 0.4) is 0 Å². The molecule has 1 aliphatic heterocycles. The molecular formula is C21H23N3O3S. The van der Waals surface area contributed by atoms with E-state index in [1.165, 1.54) is 23.3 Å². The zero-order valence-electron chi connectivity index (χ0n) is 16.2. The monoisotopic (exact) mass is 397 g/mol. The zero-order chi connectivity index (χ0) is 19.7. The molecule has 1 fully saturated rings. The van der Waals surface area contributed by atoms with Gasteiger partial charge in [-0.15, -0.1) is 11.3 Å². The minimum atomic E-state index is -0.330. The van der Waals surface area contributed by atoms with Gasteiger partial charge in [0, 0.05) is 17.6 Å². The third-order valence-corrected chi connectivity index (χ3v) is 5.56. The highest BCUT2D eigenvalue weighted by atomic mass is 32.1. The van der Waals surface area contributed by atoms with Crippen molar-refractivity contribution in [2.75, 3.05) is 11.9 Å². The number of nitrogens with one attached hydrogen (secondary N) is 1. The Balaban J connectivity index is 1.48. The number of benzene rings is 1. The van der Waals surface area contributed by atoms with Gasteiger partial charge in [-0.25, -0.2) is 9.97 Å². The van der Waals surface area contributed by atoms with Gasteiger partial charge in [-0.3, -0.25) is 10.1 Å². The molecule has 146 valence electrons. The molecule has 7 heteroatoms. The van der Waals surface area contributed by atoms with Gasteiger partial charge >= 0.3 is 0 Å². The molecule has 1 aromatic carbocycles. The maximum Gasteiger partial charge on any atom is 0.279 e. The number of oxazole rings is 1. The predicted octanol–water partition coefficient (Wildman–Crippen LogP) is 5.20. The first-order chi connectivity index (χ1) is 13.4. The number of nitrogens with zero attached hydrogens (tertiary/aromatic N) is 2. The second kappa shape index (κ2) is 7.48. The average molecular weight is 398 g/mol. The van der Waals surface area contributed by atoms with Crippen LogP contribution in [-0.4, -0.2) is 22.5 Å². The Morgan fingerprint density at radius 3 is 2.71 bits per heavy atom. The van der Waals surface area contributed by atoms with Crippen LogP contribution in [-0.2, 0) is 10.2 Å². The van der Waals surface area contributed by atoms with Gasteiger partial charge in [-0.1, -0.05) is 45.0 Å². The van der Waals surface area contributed by atoms with Gasteiger partial charge in [0.2, 0.25) is 0 Å². The molecule has 1 N–H and O–H groups in total. The maximum absolute atomic E-state index is 12.6. The molecule has 1 aliphatic rings. The van der Waals surface area contributed by atoms with Crippen molar-refractivity contribution >= 4 is 22.4 Å². The number of hydrogen-bond donors (Lipinski definition) is 1. The number of hydrogen-bond acceptors (Lipinski definition) is 6. The normalized spacial score (nSPS) is 17.0. The Labute approximate surface area is 168 Å². The van der Waals surface area contributed by atoms with Crippen LogP contribution >= 0.6 is 11.3 Å². The highest BCUT2D eigenvalue weighted by Crippen LogP contribution is 2.32. The molecule has 2 aromatic heterocycles. The second-order valence-corrected chi connectivity index (χ2v) is 8.74. The van der Waals surface area contributed by atoms with E-state index in [1.807, 2.05) is 5.38 Å². The molecule has 0 spiro atoms. The minimum Gasteiger partial charge on any atom is -0.445 e. The van der Waals surface area contributed by atoms with Crippen LogP contribution in [0.25, 0.3) is 11.3 Å². The fraction of sp³-hybridized carbons (Fsp3) is 0.381. The van der Waals surface area contributed by atoms with E-state index in [2.05, 4.69) is 60.3 Å². The summed E-state index contributed by atoms with van der Waals surface area (Å²) in [5, 5.41) is 5.29. The van der Waals surface area contributed by atoms with Crippen LogP contribution in [0.1, 0.15) is 61.5 Å². The standard InChI is InChI=1S/C21H23N3O3S/c1-21(2,3)14-8-6-13(7-9-14)15-11-28-20(23-15)24-19(25)17-18(27-12-22-17)16-5-4-10-26-16/h6-9,11-12,16H,4-5,10H2,1-3H3,(H,23,24,25). The minimum absolute atomic E-state index is 0.109. The molecule has 1 unspecified atom stereocenters. The maximum atomic E-state index is 12.6. The summed E-state index contributed by atoms with van der Waals surface area (Å²) in [4.78, 5) is 21.2. The molecular weight excluding hydrogens is 374 g/mol. The highest BCUT2D eigenvalue weighted by molar-refractivity contribution is 7.14. The third-order valence-electron chi connectivity index (χ3n) is 4.80. The molecule has 28 heavy (non-hydrogen) atoms. The molecule has 6 nitrogen and oxygen atoms in total. The van der Waals surface area contributed by atoms with Crippen LogP contribution in [0.15, 0.2) is 40.5 Å². The van der Waals surface area contributed by atoms with Crippen molar-refractivity contribution in [1.29, 1.82) is 0 Å². The number of thiazole rings is 1. The summed E-state index contributed by atoms with van der Waals surface area (Å²) in [6.07, 6.45) is 2.88. The van der Waals surface area contributed by atoms with Gasteiger partial charge in [0.25, 0.3) is 5.91 Å². The summed E-state index contributed by atoms with van der Waals surface area (Å²) in [6.45, 7) is 7.24.